The molecular weight excluding hydrogens is 152 g/mol. The quantitative estimate of drug-likeness (QED) is 0.417. The standard InChI is InChI=1S/C8H16N4/c9-11-7-5-3-1-2-4-6-8(7)12-10/h1-6,9-10H2/b11-7+,12-8+. The zero-order valence-electron chi connectivity index (χ0n) is 7.29. The minimum atomic E-state index is 0.886. The molecule has 68 valence electrons. The molecule has 0 saturated heterocycles. The van der Waals surface area contributed by atoms with E-state index in [9.17, 15) is 0 Å². The maximum absolute atomic E-state index is 5.24. The first kappa shape index (κ1) is 9.03. The van der Waals surface area contributed by atoms with Crippen LogP contribution in [-0.4, -0.2) is 11.4 Å². The number of nitrogens with two attached hydrogens (primary N) is 2. The van der Waals surface area contributed by atoms with Gasteiger partial charge in [0.15, 0.2) is 0 Å². The Morgan fingerprint density at radius 3 is 1.50 bits per heavy atom. The lowest BCUT2D eigenvalue weighted by Crippen LogP contribution is -2.19. The second-order valence-corrected chi connectivity index (χ2v) is 3.07. The van der Waals surface area contributed by atoms with E-state index in [1.807, 2.05) is 0 Å². The average molecular weight is 168 g/mol. The van der Waals surface area contributed by atoms with Crippen LogP contribution in [0.3, 0.4) is 0 Å². The molecule has 0 unspecified atom stereocenters. The Morgan fingerprint density at radius 1 is 0.750 bits per heavy atom. The molecule has 0 aromatic rings. The summed E-state index contributed by atoms with van der Waals surface area (Å²) in [6, 6.07) is 0. The lowest BCUT2D eigenvalue weighted by atomic mass is 9.98. The number of hydrogen-bond donors (Lipinski definition) is 2. The molecule has 1 rings (SSSR count). The van der Waals surface area contributed by atoms with Crippen molar-refractivity contribution in [1.82, 2.24) is 0 Å². The Kier molecular flexibility index (Phi) is 3.57. The molecule has 0 aromatic carbocycles. The summed E-state index contributed by atoms with van der Waals surface area (Å²) < 4.78 is 0. The van der Waals surface area contributed by atoms with Gasteiger partial charge in [-0.1, -0.05) is 12.8 Å². The van der Waals surface area contributed by atoms with Crippen LogP contribution in [0.2, 0.25) is 0 Å². The van der Waals surface area contributed by atoms with Crippen LogP contribution in [0.5, 0.6) is 0 Å². The Balaban J connectivity index is 2.65. The highest BCUT2D eigenvalue weighted by atomic mass is 15.2. The first-order valence-corrected chi connectivity index (χ1v) is 4.42. The van der Waals surface area contributed by atoms with Crippen LogP contribution in [0.1, 0.15) is 38.5 Å². The number of hydrogen-bond acceptors (Lipinski definition) is 4. The van der Waals surface area contributed by atoms with Gasteiger partial charge in [0.25, 0.3) is 0 Å². The van der Waals surface area contributed by atoms with Gasteiger partial charge in [0, 0.05) is 0 Å². The van der Waals surface area contributed by atoms with E-state index >= 15 is 0 Å². The molecule has 4 nitrogen and oxygen atoms in total. The summed E-state index contributed by atoms with van der Waals surface area (Å²) in [6.07, 6.45) is 6.66. The molecule has 12 heavy (non-hydrogen) atoms. The van der Waals surface area contributed by atoms with E-state index in [1.54, 1.807) is 0 Å². The van der Waals surface area contributed by atoms with Crippen molar-refractivity contribution < 1.29 is 0 Å². The van der Waals surface area contributed by atoms with E-state index in [2.05, 4.69) is 10.2 Å². The summed E-state index contributed by atoms with van der Waals surface area (Å²) in [7, 11) is 0. The molecule has 1 fully saturated rings. The van der Waals surface area contributed by atoms with Crippen LogP contribution in [-0.2, 0) is 0 Å². The zero-order chi connectivity index (χ0) is 8.81. The molecule has 1 aliphatic rings. The second kappa shape index (κ2) is 4.74. The van der Waals surface area contributed by atoms with Crippen LogP contribution >= 0.6 is 0 Å². The van der Waals surface area contributed by atoms with Crippen LogP contribution < -0.4 is 11.7 Å². The van der Waals surface area contributed by atoms with Gasteiger partial charge in [0.1, 0.15) is 0 Å². The largest absolute Gasteiger partial charge is 0.323 e. The van der Waals surface area contributed by atoms with Gasteiger partial charge in [-0.15, -0.1) is 0 Å². The molecule has 4 heteroatoms. The Labute approximate surface area is 72.7 Å². The van der Waals surface area contributed by atoms with Gasteiger partial charge in [0.05, 0.1) is 11.4 Å². The van der Waals surface area contributed by atoms with E-state index in [0.717, 1.165) is 37.1 Å². The van der Waals surface area contributed by atoms with E-state index in [-0.39, 0.29) is 0 Å². The highest BCUT2D eigenvalue weighted by Gasteiger charge is 2.11. The minimum absolute atomic E-state index is 0.886. The van der Waals surface area contributed by atoms with Crippen molar-refractivity contribution in [3.63, 3.8) is 0 Å². The van der Waals surface area contributed by atoms with Crippen LogP contribution in [0.4, 0.5) is 0 Å². The van der Waals surface area contributed by atoms with Gasteiger partial charge in [-0.05, 0) is 25.7 Å². The molecule has 1 saturated carbocycles. The summed E-state index contributed by atoms with van der Waals surface area (Å²) in [6.45, 7) is 0. The fraction of sp³-hybridized carbons (Fsp3) is 0.750. The average Bonchev–Trinajstić information content (AvgIpc) is 2.05. The molecule has 0 heterocycles. The van der Waals surface area contributed by atoms with Crippen molar-refractivity contribution in [2.24, 2.45) is 21.9 Å². The molecule has 0 aliphatic heterocycles. The van der Waals surface area contributed by atoms with Crippen LogP contribution in [0, 0.1) is 0 Å². The number of nitrogens with zero attached hydrogens (tertiary/aromatic N) is 2. The molecule has 0 atom stereocenters. The van der Waals surface area contributed by atoms with Crippen LogP contribution in [0.15, 0.2) is 10.2 Å². The molecule has 0 spiro atoms. The smallest absolute Gasteiger partial charge is 0.0832 e. The third kappa shape index (κ3) is 2.22. The fourth-order valence-corrected chi connectivity index (χ4v) is 1.51. The van der Waals surface area contributed by atoms with E-state index in [1.165, 1.54) is 12.8 Å². The van der Waals surface area contributed by atoms with E-state index in [0.29, 0.717) is 0 Å². The monoisotopic (exact) mass is 168 g/mol. The molecule has 0 bridgehead atoms. The molecule has 0 amide bonds. The maximum atomic E-state index is 5.24. The van der Waals surface area contributed by atoms with Gasteiger partial charge < -0.3 is 11.7 Å². The normalized spacial score (nSPS) is 27.0. The minimum Gasteiger partial charge on any atom is -0.323 e. The summed E-state index contributed by atoms with van der Waals surface area (Å²) in [5, 5.41) is 7.41. The van der Waals surface area contributed by atoms with E-state index in [4.69, 9.17) is 11.7 Å². The van der Waals surface area contributed by atoms with Crippen molar-refractivity contribution in [3.05, 3.63) is 0 Å². The SMILES string of the molecule is N/N=C1\CCCCCC\C1=N/N. The van der Waals surface area contributed by atoms with Gasteiger partial charge in [0.2, 0.25) is 0 Å². The first-order chi connectivity index (χ1) is 5.88. The van der Waals surface area contributed by atoms with Crippen LogP contribution in [0.25, 0.3) is 0 Å². The summed E-state index contributed by atoms with van der Waals surface area (Å²) in [5.41, 5.74) is 1.77. The van der Waals surface area contributed by atoms with Crippen molar-refractivity contribution in [2.45, 2.75) is 38.5 Å². The highest BCUT2D eigenvalue weighted by Crippen LogP contribution is 2.13. The zero-order valence-corrected chi connectivity index (χ0v) is 7.29. The molecule has 1 aliphatic carbocycles. The van der Waals surface area contributed by atoms with E-state index < -0.39 is 0 Å². The lowest BCUT2D eigenvalue weighted by Gasteiger charge is -2.11. The first-order valence-electron chi connectivity index (χ1n) is 4.42. The Bertz CT molecular complexity index is 173. The summed E-state index contributed by atoms with van der Waals surface area (Å²) in [5.74, 6) is 10.5. The topological polar surface area (TPSA) is 76.8 Å². The van der Waals surface area contributed by atoms with Gasteiger partial charge >= 0.3 is 0 Å². The summed E-state index contributed by atoms with van der Waals surface area (Å²) >= 11 is 0. The Hall–Kier alpha value is -1.06. The fourth-order valence-electron chi connectivity index (χ4n) is 1.51. The third-order valence-corrected chi connectivity index (χ3v) is 2.22. The maximum Gasteiger partial charge on any atom is 0.0832 e. The van der Waals surface area contributed by atoms with Gasteiger partial charge in [-0.25, -0.2) is 0 Å². The molecular formula is C8H16N4. The highest BCUT2D eigenvalue weighted by molar-refractivity contribution is 6.42. The van der Waals surface area contributed by atoms with Crippen molar-refractivity contribution in [3.8, 4) is 0 Å². The number of hydrazone groups is 2. The molecule has 0 radical (unpaired) electrons. The Morgan fingerprint density at radius 2 is 1.17 bits per heavy atom. The van der Waals surface area contributed by atoms with Gasteiger partial charge in [-0.3, -0.25) is 0 Å². The molecule has 0 aromatic heterocycles. The predicted molar refractivity (Wildman–Crippen MR) is 50.9 cm³/mol. The number of rotatable bonds is 0. The summed E-state index contributed by atoms with van der Waals surface area (Å²) in [4.78, 5) is 0. The predicted octanol–water partition coefficient (Wildman–Crippen LogP) is 0.970. The second-order valence-electron chi connectivity index (χ2n) is 3.07. The van der Waals surface area contributed by atoms with Gasteiger partial charge in [-0.2, -0.15) is 10.2 Å². The third-order valence-electron chi connectivity index (χ3n) is 2.22. The van der Waals surface area contributed by atoms with Crippen molar-refractivity contribution in [1.29, 1.82) is 0 Å². The van der Waals surface area contributed by atoms with Crippen molar-refractivity contribution >= 4 is 11.4 Å². The lowest BCUT2D eigenvalue weighted by molar-refractivity contribution is 0.657. The van der Waals surface area contributed by atoms with Crippen molar-refractivity contribution in [2.75, 3.05) is 0 Å². The molecule has 4 N–H and O–H groups in total.